The number of furan rings is 1. The van der Waals surface area contributed by atoms with E-state index >= 15 is 0 Å². The Hall–Kier alpha value is -2.86. The number of hydrogen-bond acceptors (Lipinski definition) is 3. The quantitative estimate of drug-likeness (QED) is 0.656. The minimum Gasteiger partial charge on any atom is -0.467 e. The Balaban J connectivity index is 1.96. The average Bonchev–Trinajstić information content (AvgIpc) is 3.12. The van der Waals surface area contributed by atoms with Gasteiger partial charge in [-0.25, -0.2) is 12.8 Å². The van der Waals surface area contributed by atoms with Gasteiger partial charge in [0.05, 0.1) is 23.9 Å². The molecule has 0 unspecified atom stereocenters. The highest BCUT2D eigenvalue weighted by Crippen LogP contribution is 2.23. The second kappa shape index (κ2) is 7.36. The van der Waals surface area contributed by atoms with Crippen molar-refractivity contribution in [3.8, 4) is 0 Å². The van der Waals surface area contributed by atoms with Gasteiger partial charge in [-0.2, -0.15) is 0 Å². The largest absolute Gasteiger partial charge is 0.467 e. The first-order valence-electron chi connectivity index (χ1n) is 7.58. The van der Waals surface area contributed by atoms with Crippen LogP contribution < -0.4 is 4.31 Å². The topological polar surface area (TPSA) is 50.5 Å². The zero-order valence-corrected chi connectivity index (χ0v) is 14.1. The highest BCUT2D eigenvalue weighted by Gasteiger charge is 2.21. The molecule has 0 bridgehead atoms. The third kappa shape index (κ3) is 4.36. The Kier molecular flexibility index (Phi) is 5.00. The van der Waals surface area contributed by atoms with E-state index in [9.17, 15) is 12.8 Å². The molecule has 0 N–H and O–H groups in total. The van der Waals surface area contributed by atoms with Crippen molar-refractivity contribution >= 4 is 21.8 Å². The third-order valence-corrected chi connectivity index (χ3v) is 4.95. The van der Waals surface area contributed by atoms with Crippen LogP contribution in [0, 0.1) is 5.82 Å². The summed E-state index contributed by atoms with van der Waals surface area (Å²) >= 11 is 0. The van der Waals surface area contributed by atoms with Crippen molar-refractivity contribution < 1.29 is 17.2 Å². The molecule has 128 valence electrons. The second-order valence-electron chi connectivity index (χ2n) is 5.32. The Morgan fingerprint density at radius 2 is 1.80 bits per heavy atom. The van der Waals surface area contributed by atoms with Gasteiger partial charge < -0.3 is 4.42 Å². The van der Waals surface area contributed by atoms with Crippen LogP contribution in [0.3, 0.4) is 0 Å². The number of hydrogen-bond donors (Lipinski definition) is 0. The van der Waals surface area contributed by atoms with E-state index in [4.69, 9.17) is 4.42 Å². The summed E-state index contributed by atoms with van der Waals surface area (Å²) in [5, 5.41) is 1.11. The molecule has 0 aliphatic heterocycles. The van der Waals surface area contributed by atoms with Crippen LogP contribution in [0.25, 0.3) is 6.08 Å². The number of sulfonamides is 1. The summed E-state index contributed by atoms with van der Waals surface area (Å²) in [6.45, 7) is -0.0298. The molecule has 3 aromatic rings. The van der Waals surface area contributed by atoms with E-state index in [-0.39, 0.29) is 12.2 Å². The predicted octanol–water partition coefficient (Wildman–Crippen LogP) is 4.43. The molecule has 0 amide bonds. The summed E-state index contributed by atoms with van der Waals surface area (Å²) in [6, 6.07) is 17.9. The SMILES string of the molecule is O=S(=O)(C=Cc1ccccc1)N(Cc1ccco1)c1cccc(F)c1. The first-order chi connectivity index (χ1) is 12.0. The lowest BCUT2D eigenvalue weighted by Gasteiger charge is -2.21. The van der Waals surface area contributed by atoms with E-state index in [1.807, 2.05) is 18.2 Å². The molecule has 1 heterocycles. The Bertz CT molecular complexity index is 951. The number of nitrogens with zero attached hydrogens (tertiary/aromatic N) is 1. The molecule has 6 heteroatoms. The molecule has 0 atom stereocenters. The summed E-state index contributed by atoms with van der Waals surface area (Å²) in [7, 11) is -3.84. The van der Waals surface area contributed by atoms with Crippen LogP contribution in [0.15, 0.2) is 82.8 Å². The van der Waals surface area contributed by atoms with Gasteiger partial charge in [0, 0.05) is 0 Å². The van der Waals surface area contributed by atoms with Crippen LogP contribution in [0.2, 0.25) is 0 Å². The van der Waals surface area contributed by atoms with Gasteiger partial charge in [0.1, 0.15) is 11.6 Å². The van der Waals surface area contributed by atoms with Gasteiger partial charge in [-0.05, 0) is 42.0 Å². The zero-order valence-electron chi connectivity index (χ0n) is 13.2. The molecule has 0 saturated carbocycles. The zero-order chi connectivity index (χ0) is 17.7. The first-order valence-corrected chi connectivity index (χ1v) is 9.09. The standard InChI is InChI=1S/C19H16FNO3S/c20-17-8-4-9-18(14-17)21(15-19-10-5-12-24-19)25(22,23)13-11-16-6-2-1-3-7-16/h1-14H,15H2. The summed E-state index contributed by atoms with van der Waals surface area (Å²) in [6.07, 6.45) is 2.97. The van der Waals surface area contributed by atoms with E-state index in [2.05, 4.69) is 0 Å². The lowest BCUT2D eigenvalue weighted by atomic mass is 10.2. The van der Waals surface area contributed by atoms with Crippen LogP contribution in [0.4, 0.5) is 10.1 Å². The molecule has 0 aliphatic carbocycles. The minimum atomic E-state index is -3.84. The maximum absolute atomic E-state index is 13.6. The van der Waals surface area contributed by atoms with Crippen LogP contribution >= 0.6 is 0 Å². The third-order valence-electron chi connectivity index (χ3n) is 3.51. The van der Waals surface area contributed by atoms with E-state index in [1.54, 1.807) is 30.3 Å². The number of benzene rings is 2. The van der Waals surface area contributed by atoms with Crippen LogP contribution in [0.5, 0.6) is 0 Å². The molecule has 0 aliphatic rings. The predicted molar refractivity (Wildman–Crippen MR) is 95.7 cm³/mol. The Morgan fingerprint density at radius 1 is 1.00 bits per heavy atom. The maximum atomic E-state index is 13.6. The highest BCUT2D eigenvalue weighted by atomic mass is 32.2. The van der Waals surface area contributed by atoms with Crippen molar-refractivity contribution in [1.82, 2.24) is 0 Å². The van der Waals surface area contributed by atoms with Crippen molar-refractivity contribution in [1.29, 1.82) is 0 Å². The van der Waals surface area contributed by atoms with Crippen LogP contribution in [0.1, 0.15) is 11.3 Å². The molecular formula is C19H16FNO3S. The summed E-state index contributed by atoms with van der Waals surface area (Å²) in [5.41, 5.74) is 0.984. The van der Waals surface area contributed by atoms with Gasteiger partial charge in [0.25, 0.3) is 10.0 Å². The molecule has 0 spiro atoms. The molecule has 2 aromatic carbocycles. The van der Waals surface area contributed by atoms with Crippen molar-refractivity contribution in [2.45, 2.75) is 6.54 Å². The lowest BCUT2D eigenvalue weighted by Crippen LogP contribution is -2.28. The van der Waals surface area contributed by atoms with Crippen LogP contribution in [-0.4, -0.2) is 8.42 Å². The second-order valence-corrected chi connectivity index (χ2v) is 7.07. The fourth-order valence-corrected chi connectivity index (χ4v) is 3.50. The molecular weight excluding hydrogens is 341 g/mol. The van der Waals surface area contributed by atoms with E-state index < -0.39 is 15.8 Å². The fourth-order valence-electron chi connectivity index (χ4n) is 2.31. The van der Waals surface area contributed by atoms with Gasteiger partial charge in [-0.1, -0.05) is 36.4 Å². The van der Waals surface area contributed by atoms with Crippen molar-refractivity contribution in [2.24, 2.45) is 0 Å². The Morgan fingerprint density at radius 3 is 2.48 bits per heavy atom. The summed E-state index contributed by atoms with van der Waals surface area (Å²) in [5.74, 6) is -0.0508. The van der Waals surface area contributed by atoms with Gasteiger partial charge in [0.2, 0.25) is 0 Å². The molecule has 0 radical (unpaired) electrons. The highest BCUT2D eigenvalue weighted by molar-refractivity contribution is 7.95. The number of rotatable bonds is 6. The number of anilines is 1. The van der Waals surface area contributed by atoms with Crippen molar-refractivity contribution in [3.05, 3.63) is 95.5 Å². The van der Waals surface area contributed by atoms with Gasteiger partial charge in [0.15, 0.2) is 0 Å². The average molecular weight is 357 g/mol. The number of halogens is 1. The molecule has 0 fully saturated rings. The van der Waals surface area contributed by atoms with E-state index in [1.165, 1.54) is 30.5 Å². The van der Waals surface area contributed by atoms with Crippen molar-refractivity contribution in [2.75, 3.05) is 4.31 Å². The molecule has 1 aromatic heterocycles. The monoisotopic (exact) mass is 357 g/mol. The van der Waals surface area contributed by atoms with Crippen molar-refractivity contribution in [3.63, 3.8) is 0 Å². The van der Waals surface area contributed by atoms with Crippen LogP contribution in [-0.2, 0) is 16.6 Å². The fraction of sp³-hybridized carbons (Fsp3) is 0.0526. The minimum absolute atomic E-state index is 0.0298. The van der Waals surface area contributed by atoms with Gasteiger partial charge in [-0.3, -0.25) is 4.31 Å². The maximum Gasteiger partial charge on any atom is 0.257 e. The molecule has 0 saturated heterocycles. The summed E-state index contributed by atoms with van der Waals surface area (Å²) < 4.78 is 45.6. The Labute approximate surface area is 145 Å². The molecule has 25 heavy (non-hydrogen) atoms. The summed E-state index contributed by atoms with van der Waals surface area (Å²) in [4.78, 5) is 0. The lowest BCUT2D eigenvalue weighted by molar-refractivity contribution is 0.509. The van der Waals surface area contributed by atoms with Gasteiger partial charge >= 0.3 is 0 Å². The van der Waals surface area contributed by atoms with E-state index in [0.717, 1.165) is 15.3 Å². The normalized spacial score (nSPS) is 11.7. The van der Waals surface area contributed by atoms with Gasteiger partial charge in [-0.15, -0.1) is 0 Å². The first kappa shape index (κ1) is 17.0. The van der Waals surface area contributed by atoms with E-state index in [0.29, 0.717) is 5.76 Å². The smallest absolute Gasteiger partial charge is 0.257 e. The molecule has 3 rings (SSSR count). The molecule has 4 nitrogen and oxygen atoms in total.